The van der Waals surface area contributed by atoms with Crippen LogP contribution in [0.2, 0.25) is 0 Å². The fraction of sp³-hybridized carbons (Fsp3) is 0.833. The number of amides is 3. The summed E-state index contributed by atoms with van der Waals surface area (Å²) in [6.07, 6.45) is 2.80. The predicted octanol–water partition coefficient (Wildman–Crippen LogP) is -0.885. The number of piperidine rings is 2. The summed E-state index contributed by atoms with van der Waals surface area (Å²) >= 11 is 0. The van der Waals surface area contributed by atoms with Crippen LogP contribution in [0.15, 0.2) is 0 Å². The van der Waals surface area contributed by atoms with Gasteiger partial charge in [-0.15, -0.1) is 0 Å². The van der Waals surface area contributed by atoms with Crippen LogP contribution in [-0.4, -0.2) is 65.5 Å². The second kappa shape index (κ2) is 3.60. The predicted molar refractivity (Wildman–Crippen MR) is 64.0 cm³/mol. The minimum absolute atomic E-state index is 0.0567. The van der Waals surface area contributed by atoms with Crippen molar-refractivity contribution < 1.29 is 9.59 Å². The Hall–Kier alpha value is -1.30. The summed E-state index contributed by atoms with van der Waals surface area (Å²) in [7, 11) is 0. The molecule has 98 valence electrons. The van der Waals surface area contributed by atoms with Crippen LogP contribution in [-0.2, 0) is 4.79 Å². The van der Waals surface area contributed by atoms with E-state index < -0.39 is 0 Å². The molecule has 6 nitrogen and oxygen atoms in total. The van der Waals surface area contributed by atoms with Gasteiger partial charge in [-0.05, 0) is 25.8 Å². The van der Waals surface area contributed by atoms with Gasteiger partial charge < -0.3 is 20.4 Å². The number of fused-ring (bicyclic) bond motifs is 3. The molecule has 0 radical (unpaired) electrons. The molecule has 0 aliphatic carbocycles. The monoisotopic (exact) mass is 250 g/mol. The molecule has 0 spiro atoms. The van der Waals surface area contributed by atoms with E-state index >= 15 is 0 Å². The largest absolute Gasteiger partial charge is 0.333 e. The number of hydrogen-bond acceptors (Lipinski definition) is 3. The van der Waals surface area contributed by atoms with Crippen molar-refractivity contribution in [1.29, 1.82) is 0 Å². The first-order chi connectivity index (χ1) is 8.75. The molecule has 2 bridgehead atoms. The number of nitrogens with zero attached hydrogens (tertiary/aromatic N) is 2. The Balaban J connectivity index is 1.50. The number of nitrogens with one attached hydrogen (secondary N) is 2. The standard InChI is InChI=1S/C12H18N4O2/c17-11(16-8-3-4-13-5-10(8)16)9-2-1-7-6-15(9)12(18)14-7/h7-10,13H,1-6H2,(H,14,18). The van der Waals surface area contributed by atoms with E-state index in [2.05, 4.69) is 10.6 Å². The second-order valence-electron chi connectivity index (χ2n) is 5.76. The molecular formula is C12H18N4O2. The normalized spacial score (nSPS) is 41.4. The van der Waals surface area contributed by atoms with Gasteiger partial charge in [-0.3, -0.25) is 4.79 Å². The molecule has 4 heterocycles. The number of carbonyl (C=O) groups excluding carboxylic acids is 2. The van der Waals surface area contributed by atoms with E-state index in [0.29, 0.717) is 18.6 Å². The summed E-state index contributed by atoms with van der Waals surface area (Å²) in [6.45, 7) is 2.62. The van der Waals surface area contributed by atoms with Gasteiger partial charge in [0.15, 0.2) is 0 Å². The Morgan fingerprint density at radius 2 is 2.11 bits per heavy atom. The van der Waals surface area contributed by atoms with Gasteiger partial charge in [-0.2, -0.15) is 0 Å². The van der Waals surface area contributed by atoms with Crippen LogP contribution in [0.3, 0.4) is 0 Å². The number of carbonyl (C=O) groups is 2. The Morgan fingerprint density at radius 1 is 1.22 bits per heavy atom. The summed E-state index contributed by atoms with van der Waals surface area (Å²) in [5.74, 6) is 0.171. The summed E-state index contributed by atoms with van der Waals surface area (Å²) < 4.78 is 0. The first-order valence-electron chi connectivity index (χ1n) is 6.86. The highest BCUT2D eigenvalue weighted by molar-refractivity contribution is 5.90. The quantitative estimate of drug-likeness (QED) is 0.594. The Labute approximate surface area is 106 Å². The molecule has 0 saturated carbocycles. The van der Waals surface area contributed by atoms with Crippen LogP contribution in [0.4, 0.5) is 4.79 Å². The maximum atomic E-state index is 12.5. The van der Waals surface area contributed by atoms with Gasteiger partial charge in [0.05, 0.1) is 12.1 Å². The summed E-state index contributed by atoms with van der Waals surface area (Å²) in [4.78, 5) is 28.0. The van der Waals surface area contributed by atoms with Gasteiger partial charge in [-0.25, -0.2) is 4.79 Å². The number of rotatable bonds is 1. The van der Waals surface area contributed by atoms with Crippen molar-refractivity contribution in [2.75, 3.05) is 19.6 Å². The molecule has 4 rings (SSSR count). The summed E-state index contributed by atoms with van der Waals surface area (Å²) in [6, 6.07) is 0.810. The van der Waals surface area contributed by atoms with Gasteiger partial charge in [0.2, 0.25) is 5.91 Å². The van der Waals surface area contributed by atoms with E-state index in [1.165, 1.54) is 0 Å². The Morgan fingerprint density at radius 3 is 2.89 bits per heavy atom. The molecule has 4 fully saturated rings. The molecule has 2 N–H and O–H groups in total. The lowest BCUT2D eigenvalue weighted by atomic mass is 10.0. The number of urea groups is 1. The highest BCUT2D eigenvalue weighted by Crippen LogP contribution is 2.36. The molecule has 4 aliphatic rings. The minimum Gasteiger partial charge on any atom is -0.333 e. The third-order valence-electron chi connectivity index (χ3n) is 4.75. The second-order valence-corrected chi connectivity index (χ2v) is 5.76. The fourth-order valence-corrected chi connectivity index (χ4v) is 3.73. The van der Waals surface area contributed by atoms with Crippen molar-refractivity contribution in [2.45, 2.75) is 43.4 Å². The third-order valence-corrected chi connectivity index (χ3v) is 4.75. The Bertz CT molecular complexity index is 401. The average Bonchev–Trinajstić information content (AvgIpc) is 3.05. The highest BCUT2D eigenvalue weighted by atomic mass is 16.2. The van der Waals surface area contributed by atoms with Gasteiger partial charge in [0, 0.05) is 19.1 Å². The lowest BCUT2D eigenvalue weighted by molar-refractivity contribution is -0.131. The van der Waals surface area contributed by atoms with E-state index in [4.69, 9.17) is 0 Å². The lowest BCUT2D eigenvalue weighted by Crippen LogP contribution is -2.48. The third kappa shape index (κ3) is 1.38. The van der Waals surface area contributed by atoms with Crippen molar-refractivity contribution in [2.24, 2.45) is 0 Å². The maximum absolute atomic E-state index is 12.5. The van der Waals surface area contributed by atoms with Crippen LogP contribution in [0.1, 0.15) is 19.3 Å². The molecule has 3 amide bonds. The van der Waals surface area contributed by atoms with Crippen molar-refractivity contribution in [3.8, 4) is 0 Å². The summed E-state index contributed by atoms with van der Waals surface area (Å²) in [5, 5.41) is 6.25. The van der Waals surface area contributed by atoms with E-state index in [0.717, 1.165) is 32.4 Å². The topological polar surface area (TPSA) is 64.5 Å². The maximum Gasteiger partial charge on any atom is 0.318 e. The van der Waals surface area contributed by atoms with Gasteiger partial charge in [0.1, 0.15) is 6.04 Å². The van der Waals surface area contributed by atoms with Gasteiger partial charge in [-0.1, -0.05) is 0 Å². The van der Waals surface area contributed by atoms with E-state index in [9.17, 15) is 9.59 Å². The average molecular weight is 250 g/mol. The highest BCUT2D eigenvalue weighted by Gasteiger charge is 2.55. The smallest absolute Gasteiger partial charge is 0.318 e. The molecule has 4 unspecified atom stereocenters. The fourth-order valence-electron chi connectivity index (χ4n) is 3.73. The first-order valence-corrected chi connectivity index (χ1v) is 6.86. The lowest BCUT2D eigenvalue weighted by Gasteiger charge is -2.29. The van der Waals surface area contributed by atoms with Crippen molar-refractivity contribution in [3.63, 3.8) is 0 Å². The molecule has 4 atom stereocenters. The van der Waals surface area contributed by atoms with Gasteiger partial charge in [0.25, 0.3) is 0 Å². The van der Waals surface area contributed by atoms with E-state index in [1.807, 2.05) is 4.90 Å². The van der Waals surface area contributed by atoms with Crippen molar-refractivity contribution in [3.05, 3.63) is 0 Å². The van der Waals surface area contributed by atoms with Crippen LogP contribution < -0.4 is 10.6 Å². The van der Waals surface area contributed by atoms with E-state index in [1.54, 1.807) is 4.90 Å². The van der Waals surface area contributed by atoms with Crippen molar-refractivity contribution >= 4 is 11.9 Å². The number of hydrogen-bond donors (Lipinski definition) is 2. The summed E-state index contributed by atoms with van der Waals surface area (Å²) in [5.41, 5.74) is 0. The molecular weight excluding hydrogens is 232 g/mol. The van der Waals surface area contributed by atoms with Crippen LogP contribution in [0.5, 0.6) is 0 Å². The molecule has 18 heavy (non-hydrogen) atoms. The minimum atomic E-state index is -0.214. The molecule has 0 aromatic rings. The molecule has 6 heteroatoms. The van der Waals surface area contributed by atoms with Gasteiger partial charge >= 0.3 is 6.03 Å². The SMILES string of the molecule is O=C1NC2CCC(C(=O)N3C4CCNCC43)N1C2. The van der Waals surface area contributed by atoms with Crippen LogP contribution >= 0.6 is 0 Å². The zero-order valence-corrected chi connectivity index (χ0v) is 10.3. The zero-order chi connectivity index (χ0) is 12.3. The Kier molecular flexibility index (Phi) is 2.12. The van der Waals surface area contributed by atoms with E-state index in [-0.39, 0.29) is 24.0 Å². The first kappa shape index (κ1) is 10.6. The molecule has 0 aromatic carbocycles. The molecule has 0 aromatic heterocycles. The van der Waals surface area contributed by atoms with Crippen LogP contribution in [0.25, 0.3) is 0 Å². The van der Waals surface area contributed by atoms with Crippen molar-refractivity contribution in [1.82, 2.24) is 20.4 Å². The van der Waals surface area contributed by atoms with Crippen LogP contribution in [0, 0.1) is 0 Å². The molecule has 4 saturated heterocycles. The molecule has 4 aliphatic heterocycles. The zero-order valence-electron chi connectivity index (χ0n) is 10.3.